The summed E-state index contributed by atoms with van der Waals surface area (Å²) in [6.45, 7) is 6.52. The Morgan fingerprint density at radius 2 is 1.81 bits per heavy atom. The Bertz CT molecular complexity index is 1710. The molecule has 2 aromatic carbocycles. The number of carbonyl (C=O) groups excluding carboxylic acids is 2. The Hall–Kier alpha value is -4.18. The van der Waals surface area contributed by atoms with Gasteiger partial charge in [0, 0.05) is 44.2 Å². The third-order valence-electron chi connectivity index (χ3n) is 11.1. The Kier molecular flexibility index (Phi) is 18.3. The van der Waals surface area contributed by atoms with Crippen molar-refractivity contribution in [2.75, 3.05) is 65.2 Å². The Morgan fingerprint density at radius 1 is 1.03 bits per heavy atom. The van der Waals surface area contributed by atoms with Crippen LogP contribution in [0.15, 0.2) is 78.0 Å². The lowest BCUT2D eigenvalue weighted by Crippen LogP contribution is -2.70. The average molecular weight is 842 g/mol. The van der Waals surface area contributed by atoms with Gasteiger partial charge >= 0.3 is 12.2 Å². The highest BCUT2D eigenvalue weighted by Crippen LogP contribution is 2.62. The van der Waals surface area contributed by atoms with E-state index in [1.54, 1.807) is 23.1 Å². The van der Waals surface area contributed by atoms with Crippen molar-refractivity contribution in [2.45, 2.75) is 76.2 Å². The zero-order valence-corrected chi connectivity index (χ0v) is 34.7. The number of aliphatic hydroxyl groups excluding tert-OH is 3. The lowest BCUT2D eigenvalue weighted by Gasteiger charge is -2.59. The van der Waals surface area contributed by atoms with E-state index in [0.29, 0.717) is 36.6 Å². The molecule has 0 aromatic heterocycles. The first kappa shape index (κ1) is 45.9. The molecule has 0 unspecified atom stereocenters. The van der Waals surface area contributed by atoms with Crippen LogP contribution in [-0.2, 0) is 25.7 Å². The molecule has 0 radical (unpaired) electrons. The summed E-state index contributed by atoms with van der Waals surface area (Å²) in [5, 5.41) is 36.7. The van der Waals surface area contributed by atoms with E-state index in [4.69, 9.17) is 45.3 Å². The van der Waals surface area contributed by atoms with Crippen molar-refractivity contribution in [3.63, 3.8) is 0 Å². The Balaban J connectivity index is 1.76. The van der Waals surface area contributed by atoms with E-state index in [0.717, 1.165) is 42.4 Å². The van der Waals surface area contributed by atoms with Crippen molar-refractivity contribution in [3.05, 3.63) is 84.0 Å². The van der Waals surface area contributed by atoms with Crippen LogP contribution >= 0.6 is 11.6 Å². The highest BCUT2D eigenvalue weighted by Gasteiger charge is 2.65. The van der Waals surface area contributed by atoms with Gasteiger partial charge in [-0.3, -0.25) is 4.90 Å². The van der Waals surface area contributed by atoms with Gasteiger partial charge in [-0.15, -0.1) is 18.2 Å². The minimum absolute atomic E-state index is 0.0000518. The summed E-state index contributed by atoms with van der Waals surface area (Å²) in [5.74, 6) is -1.61. The second-order valence-corrected chi connectivity index (χ2v) is 15.2. The molecule has 0 spiro atoms. The van der Waals surface area contributed by atoms with E-state index in [1.807, 2.05) is 43.3 Å². The fourth-order valence-electron chi connectivity index (χ4n) is 8.67. The number of amides is 2. The summed E-state index contributed by atoms with van der Waals surface area (Å²) in [7, 11) is 0. The van der Waals surface area contributed by atoms with Crippen LogP contribution in [0, 0.1) is 17.8 Å². The summed E-state index contributed by atoms with van der Waals surface area (Å²) in [6.07, 6.45) is 7.02. The molecule has 4 N–H and O–H groups in total. The predicted octanol–water partition coefficient (Wildman–Crippen LogP) is 6.32. The summed E-state index contributed by atoms with van der Waals surface area (Å²) in [6, 6.07) is 14.1. The summed E-state index contributed by atoms with van der Waals surface area (Å²) < 4.78 is 31.3. The molecule has 14 nitrogen and oxygen atoms in total. The number of benzene rings is 2. The molecule has 0 bridgehead atoms. The van der Waals surface area contributed by atoms with Crippen molar-refractivity contribution in [1.29, 1.82) is 0 Å². The normalized spacial score (nSPS) is 23.6. The van der Waals surface area contributed by atoms with Crippen molar-refractivity contribution in [3.8, 4) is 11.5 Å². The van der Waals surface area contributed by atoms with Crippen LogP contribution in [0.25, 0.3) is 0 Å². The Labute approximate surface area is 352 Å². The van der Waals surface area contributed by atoms with Gasteiger partial charge in [-0.25, -0.2) is 9.59 Å². The topological polar surface area (TPSA) is 178 Å². The summed E-state index contributed by atoms with van der Waals surface area (Å²) >= 11 is 6.01. The van der Waals surface area contributed by atoms with Crippen molar-refractivity contribution < 1.29 is 53.4 Å². The van der Waals surface area contributed by atoms with Crippen molar-refractivity contribution >= 4 is 29.5 Å². The fourth-order valence-corrected chi connectivity index (χ4v) is 8.75. The van der Waals surface area contributed by atoms with E-state index in [1.165, 1.54) is 0 Å². The van der Waals surface area contributed by atoms with Crippen LogP contribution in [0.1, 0.15) is 68.9 Å². The number of nitrogens with zero attached hydrogens (tertiary/aromatic N) is 2. The molecule has 15 heteroatoms. The second-order valence-electron chi connectivity index (χ2n) is 14.8. The fraction of sp³-hybridized carbons (Fsp3) is 0.568. The number of aliphatic hydroxyl groups is 3. The van der Waals surface area contributed by atoms with E-state index in [9.17, 15) is 24.9 Å². The van der Waals surface area contributed by atoms with Crippen LogP contribution in [0.4, 0.5) is 9.59 Å². The predicted molar refractivity (Wildman–Crippen MR) is 223 cm³/mol. The number of allylic oxidation sites excluding steroid dienone is 1. The molecule has 59 heavy (non-hydrogen) atoms. The van der Waals surface area contributed by atoms with Gasteiger partial charge in [0.1, 0.15) is 30.8 Å². The molecule has 1 aliphatic heterocycles. The highest BCUT2D eigenvalue weighted by atomic mass is 35.5. The van der Waals surface area contributed by atoms with E-state index in [2.05, 4.69) is 18.0 Å². The molecule has 5 rings (SSSR count). The SMILES string of the molecule is C=CCO[C@@]12Oc3ccc(OC(=O)NCC)cc3[C@H]3[C@H](CCCCO)[C@@H](CCCCO)C=C(C(=NOCc4ccccc4)C[C@@H]1N(CCOCCO)C(=O)OCCCl)[C@H]32. The minimum Gasteiger partial charge on any atom is -0.459 e. The second kappa shape index (κ2) is 23.6. The maximum Gasteiger partial charge on any atom is 0.412 e. The zero-order valence-electron chi connectivity index (χ0n) is 34.0. The number of fused-ring (bicyclic) bond motifs is 2. The maximum atomic E-state index is 14.2. The number of hydrogen-bond donors (Lipinski definition) is 4. The quantitative estimate of drug-likeness (QED) is 0.0403. The van der Waals surface area contributed by atoms with E-state index in [-0.39, 0.29) is 89.5 Å². The van der Waals surface area contributed by atoms with Gasteiger partial charge in [-0.05, 0) is 73.8 Å². The number of halogens is 1. The van der Waals surface area contributed by atoms with Gasteiger partial charge in [0.25, 0.3) is 0 Å². The van der Waals surface area contributed by atoms with Crippen molar-refractivity contribution in [2.24, 2.45) is 22.9 Å². The first-order valence-corrected chi connectivity index (χ1v) is 21.3. The van der Waals surface area contributed by atoms with Crippen LogP contribution in [0.5, 0.6) is 11.5 Å². The zero-order chi connectivity index (χ0) is 42.0. The molecule has 1 fully saturated rings. The average Bonchev–Trinajstić information content (AvgIpc) is 3.24. The number of unbranched alkanes of at least 4 members (excludes halogenated alkanes) is 2. The number of oxime groups is 1. The standard InChI is InChI=1S/C44H60ClN3O11/c1-3-23-56-44-39(48(19-25-54-26-22-51)43(53)55-24-18-45)29-37(47-57-30-31-12-6-5-7-13-31)35-27-32(14-8-10-20-49)34(15-9-11-21-50)40(41(35)44)36-28-33(16-17-38(36)59-44)58-42(52)46-4-2/h3,5-7,12-13,16-17,27-28,32,34,39-41,49-51H,1,4,8-11,14-15,18-26,29-30H2,2H3,(H,46,52)/t32-,34+,39-,40+,41+,44+/m0/s1. The molecule has 0 saturated heterocycles. The van der Waals surface area contributed by atoms with Crippen molar-refractivity contribution in [1.82, 2.24) is 10.2 Å². The van der Waals surface area contributed by atoms with Gasteiger partial charge in [0.05, 0.1) is 43.9 Å². The lowest BCUT2D eigenvalue weighted by molar-refractivity contribution is -0.256. The van der Waals surface area contributed by atoms with Crippen LogP contribution < -0.4 is 14.8 Å². The molecule has 324 valence electrons. The van der Waals surface area contributed by atoms with Crippen LogP contribution in [0.3, 0.4) is 0 Å². The third-order valence-corrected chi connectivity index (χ3v) is 11.2. The van der Waals surface area contributed by atoms with Gasteiger partial charge < -0.3 is 49.2 Å². The molecule has 2 amide bonds. The number of nitrogens with one attached hydrogen (secondary N) is 1. The van der Waals surface area contributed by atoms with E-state index < -0.39 is 29.9 Å². The smallest absolute Gasteiger partial charge is 0.412 e. The molecule has 2 aliphatic carbocycles. The molecule has 3 aliphatic rings. The third kappa shape index (κ3) is 11.6. The number of hydrogen-bond acceptors (Lipinski definition) is 12. The monoisotopic (exact) mass is 841 g/mol. The maximum absolute atomic E-state index is 14.2. The number of alkyl halides is 1. The largest absolute Gasteiger partial charge is 0.459 e. The highest BCUT2D eigenvalue weighted by molar-refractivity contribution is 6.18. The summed E-state index contributed by atoms with van der Waals surface area (Å²) in [5.41, 5.74) is 3.18. The van der Waals surface area contributed by atoms with Gasteiger partial charge in [-0.1, -0.05) is 60.5 Å². The summed E-state index contributed by atoms with van der Waals surface area (Å²) in [4.78, 5) is 34.6. The molecule has 2 aromatic rings. The number of carbonyl (C=O) groups is 2. The molecule has 1 saturated carbocycles. The van der Waals surface area contributed by atoms with Gasteiger partial charge in [-0.2, -0.15) is 0 Å². The van der Waals surface area contributed by atoms with E-state index >= 15 is 0 Å². The number of ether oxygens (including phenoxy) is 5. The van der Waals surface area contributed by atoms with Gasteiger partial charge in [0.2, 0.25) is 5.79 Å². The van der Waals surface area contributed by atoms with Crippen LogP contribution in [0.2, 0.25) is 0 Å². The number of rotatable bonds is 24. The molecular formula is C44H60ClN3O11. The lowest BCUT2D eigenvalue weighted by atomic mass is 9.55. The Morgan fingerprint density at radius 3 is 2.53 bits per heavy atom. The molecule has 1 heterocycles. The molecule has 6 atom stereocenters. The van der Waals surface area contributed by atoms with Crippen LogP contribution in [-0.4, -0.2) is 115 Å². The minimum atomic E-state index is -1.54. The first-order valence-electron chi connectivity index (χ1n) is 20.7. The first-order chi connectivity index (χ1) is 28.8. The molecular weight excluding hydrogens is 782 g/mol. The van der Waals surface area contributed by atoms with Gasteiger partial charge in [0.15, 0.2) is 0 Å².